The highest BCUT2D eigenvalue weighted by molar-refractivity contribution is 14.1. The van der Waals surface area contributed by atoms with Gasteiger partial charge in [-0.05, 0) is 93.0 Å². The molecule has 0 spiro atoms. The van der Waals surface area contributed by atoms with Crippen LogP contribution in [0.3, 0.4) is 0 Å². The van der Waals surface area contributed by atoms with E-state index in [2.05, 4.69) is 43.5 Å². The number of esters is 1. The molecule has 8 nitrogen and oxygen atoms in total. The molecule has 0 aliphatic carbocycles. The molecule has 0 amide bonds. The van der Waals surface area contributed by atoms with Crippen LogP contribution in [-0.2, 0) is 16.1 Å². The highest BCUT2D eigenvalue weighted by Crippen LogP contribution is 2.38. The molecule has 1 aliphatic heterocycles. The molecule has 0 unspecified atom stereocenters. The number of carbonyl (C=O) groups is 1. The van der Waals surface area contributed by atoms with E-state index < -0.39 is 10.9 Å². The Bertz CT molecular complexity index is 1400. The number of nitro groups is 1. The van der Waals surface area contributed by atoms with Crippen molar-refractivity contribution in [3.63, 3.8) is 0 Å². The molecule has 3 aromatic rings. The Morgan fingerprint density at radius 2 is 1.97 bits per heavy atom. The van der Waals surface area contributed by atoms with Crippen molar-refractivity contribution >= 4 is 62.2 Å². The van der Waals surface area contributed by atoms with Gasteiger partial charge in [0.15, 0.2) is 17.2 Å². The zero-order valence-electron chi connectivity index (χ0n) is 18.6. The van der Waals surface area contributed by atoms with E-state index in [1.807, 2.05) is 24.3 Å². The number of halogens is 2. The van der Waals surface area contributed by atoms with Crippen LogP contribution in [0.1, 0.15) is 22.3 Å². The first-order chi connectivity index (χ1) is 16.8. The number of rotatable bonds is 7. The second kappa shape index (κ2) is 10.6. The van der Waals surface area contributed by atoms with Crippen LogP contribution < -0.4 is 9.47 Å². The summed E-state index contributed by atoms with van der Waals surface area (Å²) in [6, 6.07) is 16.0. The number of benzene rings is 3. The molecule has 0 bridgehead atoms. The summed E-state index contributed by atoms with van der Waals surface area (Å²) in [5.41, 5.74) is 2.38. The van der Waals surface area contributed by atoms with Gasteiger partial charge in [-0.25, -0.2) is 9.79 Å². The van der Waals surface area contributed by atoms with Gasteiger partial charge in [0.2, 0.25) is 5.90 Å². The van der Waals surface area contributed by atoms with E-state index in [0.29, 0.717) is 39.3 Å². The molecule has 1 aliphatic rings. The zero-order valence-corrected chi connectivity index (χ0v) is 22.3. The third-order valence-corrected chi connectivity index (χ3v) is 6.44. The highest BCUT2D eigenvalue weighted by Gasteiger charge is 2.27. The zero-order chi connectivity index (χ0) is 25.1. The Balaban J connectivity index is 1.62. The standard InChI is InChI=1S/C25H18BrIN2O6/c1-14-18(7-4-8-21(14)29(31)32)24-28-20(25(30)35-24)11-16-10-19(26)23(22(12-16)33-2)34-13-15-5-3-6-17(27)9-15/h3-12H,13H2,1-2H3/b20-11-. The molecular formula is C25H18BrIN2O6. The van der Waals surface area contributed by atoms with Crippen molar-refractivity contribution in [3.05, 3.63) is 101 Å². The molecule has 0 radical (unpaired) electrons. The van der Waals surface area contributed by atoms with E-state index in [1.54, 1.807) is 31.2 Å². The summed E-state index contributed by atoms with van der Waals surface area (Å²) in [5, 5.41) is 11.2. The number of nitrogens with zero attached hydrogens (tertiary/aromatic N) is 2. The number of aliphatic imine (C=N–C) groups is 1. The van der Waals surface area contributed by atoms with Gasteiger partial charge >= 0.3 is 5.97 Å². The van der Waals surface area contributed by atoms with Gasteiger partial charge in [-0.15, -0.1) is 0 Å². The fourth-order valence-electron chi connectivity index (χ4n) is 3.48. The van der Waals surface area contributed by atoms with Crippen molar-refractivity contribution in [1.82, 2.24) is 0 Å². The quantitative estimate of drug-likeness (QED) is 0.0994. The third-order valence-electron chi connectivity index (χ3n) is 5.18. The lowest BCUT2D eigenvalue weighted by molar-refractivity contribution is -0.385. The Kier molecular flexibility index (Phi) is 7.51. The molecule has 178 valence electrons. The lowest BCUT2D eigenvalue weighted by Crippen LogP contribution is -2.08. The summed E-state index contributed by atoms with van der Waals surface area (Å²) in [6.07, 6.45) is 1.55. The molecule has 0 atom stereocenters. The number of cyclic esters (lactones) is 1. The molecule has 0 fully saturated rings. The highest BCUT2D eigenvalue weighted by atomic mass is 127. The Morgan fingerprint density at radius 3 is 2.69 bits per heavy atom. The fraction of sp³-hybridized carbons (Fsp3) is 0.120. The van der Waals surface area contributed by atoms with Crippen molar-refractivity contribution in [3.8, 4) is 11.5 Å². The van der Waals surface area contributed by atoms with Crippen LogP contribution in [-0.4, -0.2) is 23.9 Å². The molecule has 3 aromatic carbocycles. The first kappa shape index (κ1) is 24.9. The van der Waals surface area contributed by atoms with Crippen molar-refractivity contribution in [2.75, 3.05) is 7.11 Å². The van der Waals surface area contributed by atoms with Crippen LogP contribution in [0.5, 0.6) is 11.5 Å². The van der Waals surface area contributed by atoms with Crippen LogP contribution in [0.25, 0.3) is 6.08 Å². The number of hydrogen-bond donors (Lipinski definition) is 0. The van der Waals surface area contributed by atoms with Crippen molar-refractivity contribution in [1.29, 1.82) is 0 Å². The van der Waals surface area contributed by atoms with Crippen molar-refractivity contribution < 1.29 is 23.9 Å². The molecule has 10 heteroatoms. The smallest absolute Gasteiger partial charge is 0.363 e. The maximum atomic E-state index is 12.5. The topological polar surface area (TPSA) is 100 Å². The Labute approximate surface area is 223 Å². The monoisotopic (exact) mass is 648 g/mol. The van der Waals surface area contributed by atoms with E-state index in [-0.39, 0.29) is 17.3 Å². The Morgan fingerprint density at radius 1 is 1.20 bits per heavy atom. The van der Waals surface area contributed by atoms with Crippen LogP contribution in [0.4, 0.5) is 5.69 Å². The number of ether oxygens (including phenoxy) is 3. The van der Waals surface area contributed by atoms with Gasteiger partial charge in [0.1, 0.15) is 6.61 Å². The molecular weight excluding hydrogens is 631 g/mol. The van der Waals surface area contributed by atoms with Crippen LogP contribution in [0, 0.1) is 20.6 Å². The number of methoxy groups -OCH3 is 1. The van der Waals surface area contributed by atoms with Gasteiger partial charge in [0.25, 0.3) is 5.69 Å². The first-order valence-electron chi connectivity index (χ1n) is 10.3. The van der Waals surface area contributed by atoms with Crippen LogP contribution >= 0.6 is 38.5 Å². The fourth-order valence-corrected chi connectivity index (χ4v) is 4.66. The summed E-state index contributed by atoms with van der Waals surface area (Å²) < 4.78 is 18.6. The Hall–Kier alpha value is -3.25. The van der Waals surface area contributed by atoms with Crippen molar-refractivity contribution in [2.45, 2.75) is 13.5 Å². The molecule has 1 heterocycles. The number of hydrogen-bond acceptors (Lipinski definition) is 7. The van der Waals surface area contributed by atoms with Gasteiger partial charge in [0.05, 0.1) is 16.5 Å². The molecule has 0 saturated carbocycles. The summed E-state index contributed by atoms with van der Waals surface area (Å²) in [7, 11) is 1.53. The molecule has 0 saturated heterocycles. The number of nitro benzene ring substituents is 1. The minimum atomic E-state index is -0.653. The van der Waals surface area contributed by atoms with E-state index in [4.69, 9.17) is 14.2 Å². The normalized spacial score (nSPS) is 14.0. The largest absolute Gasteiger partial charge is 0.493 e. The van der Waals surface area contributed by atoms with Gasteiger partial charge in [-0.1, -0.05) is 18.2 Å². The second-order valence-corrected chi connectivity index (χ2v) is 9.60. The van der Waals surface area contributed by atoms with E-state index in [9.17, 15) is 14.9 Å². The van der Waals surface area contributed by atoms with E-state index in [0.717, 1.165) is 9.13 Å². The van der Waals surface area contributed by atoms with Gasteiger partial charge in [-0.3, -0.25) is 10.1 Å². The minimum absolute atomic E-state index is 0.0194. The maximum Gasteiger partial charge on any atom is 0.363 e. The van der Waals surface area contributed by atoms with Gasteiger partial charge < -0.3 is 14.2 Å². The third kappa shape index (κ3) is 5.54. The second-order valence-electron chi connectivity index (χ2n) is 7.50. The van der Waals surface area contributed by atoms with Crippen molar-refractivity contribution in [2.24, 2.45) is 4.99 Å². The van der Waals surface area contributed by atoms with E-state index >= 15 is 0 Å². The summed E-state index contributed by atoms with van der Waals surface area (Å²) in [4.78, 5) is 27.5. The summed E-state index contributed by atoms with van der Waals surface area (Å²) >= 11 is 5.77. The van der Waals surface area contributed by atoms with E-state index in [1.165, 1.54) is 19.2 Å². The lowest BCUT2D eigenvalue weighted by atomic mass is 10.1. The van der Waals surface area contributed by atoms with Crippen LogP contribution in [0.15, 0.2) is 69.8 Å². The summed E-state index contributed by atoms with van der Waals surface area (Å²) in [5.74, 6) is 0.367. The molecule has 35 heavy (non-hydrogen) atoms. The molecule has 4 rings (SSSR count). The van der Waals surface area contributed by atoms with Gasteiger partial charge in [-0.2, -0.15) is 0 Å². The average molecular weight is 649 g/mol. The first-order valence-corrected chi connectivity index (χ1v) is 12.2. The SMILES string of the molecule is COc1cc(/C=C2\N=C(c3cccc([N+](=O)[O-])c3C)OC2=O)cc(Br)c1OCc1cccc(I)c1. The summed E-state index contributed by atoms with van der Waals surface area (Å²) in [6.45, 7) is 1.94. The number of carbonyl (C=O) groups excluding carboxylic acids is 1. The predicted molar refractivity (Wildman–Crippen MR) is 143 cm³/mol. The lowest BCUT2D eigenvalue weighted by Gasteiger charge is -2.14. The van der Waals surface area contributed by atoms with Gasteiger partial charge in [0, 0.05) is 20.8 Å². The van der Waals surface area contributed by atoms with Crippen LogP contribution in [0.2, 0.25) is 0 Å². The molecule has 0 N–H and O–H groups in total. The average Bonchev–Trinajstić information content (AvgIpc) is 3.17. The minimum Gasteiger partial charge on any atom is -0.493 e. The maximum absolute atomic E-state index is 12.5. The predicted octanol–water partition coefficient (Wildman–Crippen LogP) is 6.20. The molecule has 0 aromatic heterocycles.